The molecule has 0 saturated carbocycles. The van der Waals surface area contributed by atoms with Crippen LogP contribution in [0.4, 0.5) is 23.2 Å². The average molecular weight is 223 g/mol. The molecule has 0 bridgehead atoms. The first kappa shape index (κ1) is 11.3. The fourth-order valence-electron chi connectivity index (χ4n) is 1.07. The van der Waals surface area contributed by atoms with Gasteiger partial charge in [0.2, 0.25) is 0 Å². The van der Waals surface area contributed by atoms with Crippen molar-refractivity contribution in [3.63, 3.8) is 0 Å². The minimum absolute atomic E-state index is 0.381. The molecule has 82 valence electrons. The Bertz CT molecular complexity index is 414. The minimum Gasteiger partial charge on any atom is -0.478 e. The molecule has 0 saturated heterocycles. The molecule has 0 amide bonds. The van der Waals surface area contributed by atoms with E-state index < -0.39 is 34.8 Å². The van der Waals surface area contributed by atoms with E-state index in [9.17, 15) is 22.4 Å². The lowest BCUT2D eigenvalue weighted by Gasteiger charge is -2.11. The van der Waals surface area contributed by atoms with Crippen molar-refractivity contribution < 1.29 is 27.5 Å². The molecule has 0 radical (unpaired) electrons. The summed E-state index contributed by atoms with van der Waals surface area (Å²) in [5.74, 6) is -3.49. The predicted molar refractivity (Wildman–Crippen MR) is 42.8 cm³/mol. The fourth-order valence-corrected chi connectivity index (χ4v) is 1.07. The molecule has 0 heterocycles. The summed E-state index contributed by atoms with van der Waals surface area (Å²) in [7, 11) is 0. The van der Waals surface area contributed by atoms with Gasteiger partial charge in [0, 0.05) is 5.69 Å². The van der Waals surface area contributed by atoms with Crippen molar-refractivity contribution in [2.45, 2.75) is 6.18 Å². The number of alkyl halides is 3. The van der Waals surface area contributed by atoms with E-state index in [1.807, 2.05) is 0 Å². The van der Waals surface area contributed by atoms with Crippen LogP contribution >= 0.6 is 0 Å². The normalized spacial score (nSPS) is 11.5. The zero-order valence-electron chi connectivity index (χ0n) is 7.10. The van der Waals surface area contributed by atoms with Crippen LogP contribution in [-0.2, 0) is 6.18 Å². The highest BCUT2D eigenvalue weighted by atomic mass is 19.4. The van der Waals surface area contributed by atoms with Gasteiger partial charge < -0.3 is 10.8 Å². The molecule has 1 aromatic rings. The maximum Gasteiger partial charge on any atom is 0.417 e. The highest BCUT2D eigenvalue weighted by molar-refractivity contribution is 5.90. The number of nitrogen functional groups attached to an aromatic ring is 1. The van der Waals surface area contributed by atoms with E-state index in [0.29, 0.717) is 12.1 Å². The van der Waals surface area contributed by atoms with Crippen molar-refractivity contribution >= 4 is 11.7 Å². The van der Waals surface area contributed by atoms with Crippen LogP contribution in [0.15, 0.2) is 12.1 Å². The first-order valence-electron chi connectivity index (χ1n) is 3.63. The van der Waals surface area contributed by atoms with Gasteiger partial charge in [0.05, 0.1) is 5.56 Å². The zero-order valence-corrected chi connectivity index (χ0v) is 7.10. The molecule has 0 unspecified atom stereocenters. The second kappa shape index (κ2) is 3.41. The number of hydrogen-bond donors (Lipinski definition) is 2. The lowest BCUT2D eigenvalue weighted by atomic mass is 10.1. The van der Waals surface area contributed by atoms with Gasteiger partial charge in [-0.1, -0.05) is 0 Å². The van der Waals surface area contributed by atoms with Gasteiger partial charge in [-0.2, -0.15) is 13.2 Å². The second-order valence-corrected chi connectivity index (χ2v) is 2.73. The number of halogens is 4. The van der Waals surface area contributed by atoms with E-state index in [0.717, 1.165) is 0 Å². The van der Waals surface area contributed by atoms with Crippen molar-refractivity contribution in [1.29, 1.82) is 0 Å². The van der Waals surface area contributed by atoms with Gasteiger partial charge in [0.15, 0.2) is 0 Å². The van der Waals surface area contributed by atoms with Crippen LogP contribution in [0.5, 0.6) is 0 Å². The summed E-state index contributed by atoms with van der Waals surface area (Å²) in [5, 5.41) is 8.42. The van der Waals surface area contributed by atoms with Crippen LogP contribution in [0, 0.1) is 5.82 Å². The van der Waals surface area contributed by atoms with Crippen molar-refractivity contribution in [3.8, 4) is 0 Å². The Morgan fingerprint density at radius 1 is 1.33 bits per heavy atom. The van der Waals surface area contributed by atoms with Gasteiger partial charge in [-0.15, -0.1) is 0 Å². The van der Waals surface area contributed by atoms with Crippen molar-refractivity contribution in [1.82, 2.24) is 0 Å². The monoisotopic (exact) mass is 223 g/mol. The molecule has 1 rings (SSSR count). The van der Waals surface area contributed by atoms with E-state index in [4.69, 9.17) is 10.8 Å². The van der Waals surface area contributed by atoms with Gasteiger partial charge in [0.25, 0.3) is 0 Å². The van der Waals surface area contributed by atoms with E-state index in [1.165, 1.54) is 0 Å². The number of aromatic carboxylic acids is 1. The van der Waals surface area contributed by atoms with Gasteiger partial charge in [-0.05, 0) is 12.1 Å². The lowest BCUT2D eigenvalue weighted by Crippen LogP contribution is -2.15. The van der Waals surface area contributed by atoms with E-state index in [-0.39, 0.29) is 0 Å². The first-order chi connectivity index (χ1) is 6.73. The number of carboxylic acid groups (broad SMARTS) is 1. The van der Waals surface area contributed by atoms with Crippen molar-refractivity contribution in [2.75, 3.05) is 5.73 Å². The van der Waals surface area contributed by atoms with Crippen LogP contribution in [-0.4, -0.2) is 11.1 Å². The van der Waals surface area contributed by atoms with Crippen LogP contribution in [0.2, 0.25) is 0 Å². The van der Waals surface area contributed by atoms with Gasteiger partial charge >= 0.3 is 12.1 Å². The number of hydrogen-bond acceptors (Lipinski definition) is 2. The quantitative estimate of drug-likeness (QED) is 0.566. The van der Waals surface area contributed by atoms with E-state index in [2.05, 4.69) is 0 Å². The molecular weight excluding hydrogens is 218 g/mol. The fraction of sp³-hybridized carbons (Fsp3) is 0.125. The van der Waals surface area contributed by atoms with Crippen LogP contribution in [0.1, 0.15) is 15.9 Å². The molecule has 3 N–H and O–H groups in total. The number of benzene rings is 1. The summed E-state index contributed by atoms with van der Waals surface area (Å²) in [6.07, 6.45) is -4.95. The van der Waals surface area contributed by atoms with Crippen LogP contribution in [0.3, 0.4) is 0 Å². The molecule has 0 atom stereocenters. The highest BCUT2D eigenvalue weighted by Gasteiger charge is 2.37. The van der Waals surface area contributed by atoms with E-state index in [1.54, 1.807) is 0 Å². The summed E-state index contributed by atoms with van der Waals surface area (Å²) >= 11 is 0. The van der Waals surface area contributed by atoms with Gasteiger partial charge in [-0.25, -0.2) is 9.18 Å². The molecular formula is C8H5F4NO2. The zero-order chi connectivity index (χ0) is 11.8. The van der Waals surface area contributed by atoms with Gasteiger partial charge in [0.1, 0.15) is 11.4 Å². The number of carbonyl (C=O) groups is 1. The maximum absolute atomic E-state index is 12.9. The molecule has 15 heavy (non-hydrogen) atoms. The number of nitrogens with two attached hydrogens (primary N) is 1. The summed E-state index contributed by atoms with van der Waals surface area (Å²) in [4.78, 5) is 10.4. The van der Waals surface area contributed by atoms with E-state index >= 15 is 0 Å². The Morgan fingerprint density at radius 2 is 1.87 bits per heavy atom. The Hall–Kier alpha value is -1.79. The summed E-state index contributed by atoms with van der Waals surface area (Å²) in [6.45, 7) is 0. The molecule has 0 aliphatic carbocycles. The van der Waals surface area contributed by atoms with Gasteiger partial charge in [-0.3, -0.25) is 0 Å². The molecule has 0 aliphatic rings. The molecule has 0 spiro atoms. The summed E-state index contributed by atoms with van der Waals surface area (Å²) in [5.41, 5.74) is 1.50. The minimum atomic E-state index is -4.95. The predicted octanol–water partition coefficient (Wildman–Crippen LogP) is 2.12. The third kappa shape index (κ3) is 2.17. The van der Waals surface area contributed by atoms with Crippen LogP contribution in [0.25, 0.3) is 0 Å². The first-order valence-corrected chi connectivity index (χ1v) is 3.63. The largest absolute Gasteiger partial charge is 0.478 e. The summed E-state index contributed by atoms with van der Waals surface area (Å²) < 4.78 is 49.8. The number of anilines is 1. The average Bonchev–Trinajstić information content (AvgIpc) is 1.99. The van der Waals surface area contributed by atoms with Crippen LogP contribution < -0.4 is 5.73 Å². The Labute approximate surface area is 81.1 Å². The number of rotatable bonds is 1. The Morgan fingerprint density at radius 3 is 2.27 bits per heavy atom. The third-order valence-corrected chi connectivity index (χ3v) is 1.63. The number of carboxylic acids is 1. The molecule has 0 fully saturated rings. The Kier molecular flexibility index (Phi) is 2.57. The smallest absolute Gasteiger partial charge is 0.417 e. The summed E-state index contributed by atoms with van der Waals surface area (Å²) in [6, 6.07) is 0.908. The third-order valence-electron chi connectivity index (χ3n) is 1.63. The maximum atomic E-state index is 12.9. The molecule has 0 aromatic heterocycles. The SMILES string of the molecule is Nc1cc(F)c(C(=O)O)c(C(F)(F)F)c1. The highest BCUT2D eigenvalue weighted by Crippen LogP contribution is 2.34. The second-order valence-electron chi connectivity index (χ2n) is 2.73. The standard InChI is InChI=1S/C8H5F4NO2/c9-5-2-3(13)1-4(8(10,11)12)6(5)7(14)15/h1-2H,13H2,(H,14,15). The molecule has 1 aromatic carbocycles. The Balaban J connectivity index is 3.54. The molecule has 0 aliphatic heterocycles. The molecule has 3 nitrogen and oxygen atoms in total. The van der Waals surface area contributed by atoms with Crippen molar-refractivity contribution in [2.24, 2.45) is 0 Å². The lowest BCUT2D eigenvalue weighted by molar-refractivity contribution is -0.138. The molecule has 7 heteroatoms. The van der Waals surface area contributed by atoms with Crippen molar-refractivity contribution in [3.05, 3.63) is 29.1 Å². The topological polar surface area (TPSA) is 63.3 Å².